The van der Waals surface area contributed by atoms with Gasteiger partial charge in [0.05, 0.1) is 5.69 Å². The summed E-state index contributed by atoms with van der Waals surface area (Å²) in [6, 6.07) is 1.46. The zero-order valence-corrected chi connectivity index (χ0v) is 17.5. The largest absolute Gasteiger partial charge is 0.304 e. The van der Waals surface area contributed by atoms with E-state index in [1.807, 2.05) is 43.5 Å². The van der Waals surface area contributed by atoms with E-state index in [4.69, 9.17) is 0 Å². The van der Waals surface area contributed by atoms with Gasteiger partial charge in [-0.2, -0.15) is 0 Å². The van der Waals surface area contributed by atoms with Crippen molar-refractivity contribution < 1.29 is 9.18 Å². The van der Waals surface area contributed by atoms with Crippen molar-refractivity contribution >= 4 is 17.1 Å². The zero-order valence-electron chi connectivity index (χ0n) is 17.5. The first kappa shape index (κ1) is 19.5. The van der Waals surface area contributed by atoms with Crippen molar-refractivity contribution in [3.63, 3.8) is 0 Å². The number of hydrogen-bond donors (Lipinski definition) is 0. The monoisotopic (exact) mass is 414 g/mol. The van der Waals surface area contributed by atoms with Gasteiger partial charge >= 0.3 is 0 Å². The molecule has 0 aliphatic carbocycles. The third-order valence-corrected chi connectivity index (χ3v) is 5.78. The van der Waals surface area contributed by atoms with E-state index in [-0.39, 0.29) is 11.7 Å². The van der Waals surface area contributed by atoms with E-state index in [0.717, 1.165) is 42.0 Å². The van der Waals surface area contributed by atoms with Crippen LogP contribution in [0.5, 0.6) is 0 Å². The maximum atomic E-state index is 14.6. The van der Waals surface area contributed by atoms with Crippen LogP contribution in [0.15, 0.2) is 84.0 Å². The highest BCUT2D eigenvalue weighted by molar-refractivity contribution is 5.95. The maximum absolute atomic E-state index is 14.6. The molecule has 0 atom stereocenters. The molecule has 0 radical (unpaired) electrons. The molecule has 0 fully saturated rings. The number of carbonyl (C=O) groups is 1. The Kier molecular flexibility index (Phi) is 4.79. The minimum absolute atomic E-state index is 0.118. The van der Waals surface area contributed by atoms with Crippen molar-refractivity contribution in [1.29, 1.82) is 0 Å². The Morgan fingerprint density at radius 1 is 1.13 bits per heavy atom. The van der Waals surface area contributed by atoms with E-state index >= 15 is 0 Å². The Bertz CT molecular complexity index is 1270. The summed E-state index contributed by atoms with van der Waals surface area (Å²) < 4.78 is 16.3. The molecule has 0 N–H and O–H groups in total. The summed E-state index contributed by atoms with van der Waals surface area (Å²) in [5.74, 6) is -0.508. The van der Waals surface area contributed by atoms with Gasteiger partial charge in [-0.15, -0.1) is 0 Å². The number of fused-ring (bicyclic) bond motifs is 2. The summed E-state index contributed by atoms with van der Waals surface area (Å²) in [6.45, 7) is 3.69. The van der Waals surface area contributed by atoms with Crippen LogP contribution in [-0.2, 0) is 4.79 Å². The van der Waals surface area contributed by atoms with Crippen LogP contribution < -0.4 is 0 Å². The van der Waals surface area contributed by atoms with Crippen molar-refractivity contribution in [3.05, 3.63) is 101 Å². The standard InChI is InChI=1S/C25H23FN4O/c1-17-14-29-15-21(12-23(26)25(29)27-17)20-6-7-22-5-3-4-19(13-24(31)30(22)16-20)18-8-10-28(2)11-9-18/h3-8,12-16H,9-11H2,1-2H3/b4-3+,19-13+,22-5?. The number of aromatic nitrogens is 2. The second kappa shape index (κ2) is 7.63. The third kappa shape index (κ3) is 3.70. The topological polar surface area (TPSA) is 40.9 Å². The average Bonchev–Trinajstić information content (AvgIpc) is 3.13. The molecular formula is C25H23FN4O. The third-order valence-electron chi connectivity index (χ3n) is 5.78. The van der Waals surface area contributed by atoms with Crippen LogP contribution in [0.25, 0.3) is 11.2 Å². The molecule has 1 amide bonds. The van der Waals surface area contributed by atoms with Crippen molar-refractivity contribution in [2.75, 3.05) is 20.1 Å². The number of hydrogen-bond acceptors (Lipinski definition) is 3. The lowest BCUT2D eigenvalue weighted by atomic mass is 9.97. The Morgan fingerprint density at radius 3 is 2.81 bits per heavy atom. The molecule has 5 nitrogen and oxygen atoms in total. The SMILES string of the molecule is Cc1cn2cc(C3=CN4C(=O)/C=C(C5=CCN(C)CC5)\C=C\C=C4C=C3)cc(F)c2n1. The van der Waals surface area contributed by atoms with Crippen LogP contribution in [0.4, 0.5) is 4.39 Å². The highest BCUT2D eigenvalue weighted by Crippen LogP contribution is 2.29. The molecule has 2 aromatic heterocycles. The number of aryl methyl sites for hydroxylation is 1. The van der Waals surface area contributed by atoms with Crippen LogP contribution >= 0.6 is 0 Å². The van der Waals surface area contributed by atoms with Gasteiger partial charge in [-0.3, -0.25) is 9.69 Å². The predicted molar refractivity (Wildman–Crippen MR) is 119 cm³/mol. The fourth-order valence-electron chi connectivity index (χ4n) is 4.08. The van der Waals surface area contributed by atoms with E-state index in [0.29, 0.717) is 11.2 Å². The molecule has 31 heavy (non-hydrogen) atoms. The molecule has 3 aliphatic rings. The van der Waals surface area contributed by atoms with Gasteiger partial charge < -0.3 is 9.30 Å². The molecule has 6 heteroatoms. The first-order valence-electron chi connectivity index (χ1n) is 10.3. The fraction of sp³-hybridized carbons (Fsp3) is 0.200. The molecule has 0 spiro atoms. The average molecular weight is 414 g/mol. The molecule has 0 unspecified atom stereocenters. The molecule has 0 saturated heterocycles. The first-order valence-corrected chi connectivity index (χ1v) is 10.3. The second-order valence-electron chi connectivity index (χ2n) is 8.11. The predicted octanol–water partition coefficient (Wildman–Crippen LogP) is 4.16. The summed E-state index contributed by atoms with van der Waals surface area (Å²) in [5, 5.41) is 0. The quantitative estimate of drug-likeness (QED) is 0.741. The number of allylic oxidation sites excluding steroid dienone is 7. The van der Waals surface area contributed by atoms with E-state index in [9.17, 15) is 9.18 Å². The zero-order chi connectivity index (χ0) is 21.5. The Labute approximate surface area is 180 Å². The number of halogens is 1. The highest BCUT2D eigenvalue weighted by atomic mass is 19.1. The van der Waals surface area contributed by atoms with Gasteiger partial charge in [-0.25, -0.2) is 9.37 Å². The molecular weight excluding hydrogens is 391 g/mol. The minimum Gasteiger partial charge on any atom is -0.304 e. The normalized spacial score (nSPS) is 22.2. The summed E-state index contributed by atoms with van der Waals surface area (Å²) in [5.41, 5.74) is 5.41. The van der Waals surface area contributed by atoms with Crippen LogP contribution in [0.1, 0.15) is 17.7 Å². The van der Waals surface area contributed by atoms with Gasteiger partial charge in [-0.05, 0) is 49.8 Å². The van der Waals surface area contributed by atoms with Gasteiger partial charge in [0.15, 0.2) is 11.5 Å². The Balaban J connectivity index is 1.51. The fourth-order valence-corrected chi connectivity index (χ4v) is 4.08. The lowest BCUT2D eigenvalue weighted by molar-refractivity contribution is -0.122. The Morgan fingerprint density at radius 2 is 2.00 bits per heavy atom. The van der Waals surface area contributed by atoms with Crippen molar-refractivity contribution in [2.45, 2.75) is 13.3 Å². The van der Waals surface area contributed by atoms with Crippen LogP contribution in [0.2, 0.25) is 0 Å². The van der Waals surface area contributed by atoms with E-state index in [2.05, 4.69) is 23.0 Å². The lowest BCUT2D eigenvalue weighted by Crippen LogP contribution is -2.27. The molecule has 5 rings (SSSR count). The van der Waals surface area contributed by atoms with E-state index < -0.39 is 0 Å². The number of imidazole rings is 1. The number of rotatable bonds is 2. The molecule has 2 aromatic rings. The molecule has 3 aliphatic heterocycles. The van der Waals surface area contributed by atoms with E-state index in [1.165, 1.54) is 11.6 Å². The molecule has 5 heterocycles. The molecule has 0 bridgehead atoms. The van der Waals surface area contributed by atoms with Crippen molar-refractivity contribution in [1.82, 2.24) is 19.2 Å². The van der Waals surface area contributed by atoms with Gasteiger partial charge in [0.25, 0.3) is 5.91 Å². The summed E-state index contributed by atoms with van der Waals surface area (Å²) >= 11 is 0. The van der Waals surface area contributed by atoms with E-state index in [1.54, 1.807) is 27.8 Å². The summed E-state index contributed by atoms with van der Waals surface area (Å²) in [7, 11) is 2.09. The number of pyridine rings is 1. The van der Waals surface area contributed by atoms with Gasteiger partial charge in [0.2, 0.25) is 0 Å². The molecule has 0 aromatic carbocycles. The van der Waals surface area contributed by atoms with Gasteiger partial charge in [0.1, 0.15) is 0 Å². The van der Waals surface area contributed by atoms with Gasteiger partial charge in [0, 0.05) is 54.6 Å². The molecule has 156 valence electrons. The first-order chi connectivity index (χ1) is 15.0. The number of likely N-dealkylation sites (N-methyl/N-ethyl adjacent to an activating group) is 1. The smallest absolute Gasteiger partial charge is 0.255 e. The summed E-state index contributed by atoms with van der Waals surface area (Å²) in [6.07, 6.45) is 19.9. The number of nitrogens with zero attached hydrogens (tertiary/aromatic N) is 4. The summed E-state index contributed by atoms with van der Waals surface area (Å²) in [4.78, 5) is 21.2. The Hall–Kier alpha value is -3.51. The lowest BCUT2D eigenvalue weighted by Gasteiger charge is -2.26. The van der Waals surface area contributed by atoms with Crippen LogP contribution in [-0.4, -0.2) is 45.2 Å². The second-order valence-corrected chi connectivity index (χ2v) is 8.11. The van der Waals surface area contributed by atoms with Gasteiger partial charge in [-0.1, -0.05) is 24.3 Å². The van der Waals surface area contributed by atoms with Crippen LogP contribution in [0, 0.1) is 12.7 Å². The highest BCUT2D eigenvalue weighted by Gasteiger charge is 2.21. The minimum atomic E-state index is -0.389. The van der Waals surface area contributed by atoms with Crippen molar-refractivity contribution in [2.24, 2.45) is 0 Å². The maximum Gasteiger partial charge on any atom is 0.255 e. The van der Waals surface area contributed by atoms with Crippen molar-refractivity contribution in [3.8, 4) is 0 Å². The number of carbonyl (C=O) groups excluding carboxylic acids is 1. The number of amides is 1. The molecule has 0 saturated carbocycles. The van der Waals surface area contributed by atoms with Crippen LogP contribution in [0.3, 0.4) is 0 Å².